The van der Waals surface area contributed by atoms with Crippen LogP contribution in [0, 0.1) is 0 Å². The number of hydrogen-bond donors (Lipinski definition) is 1. The summed E-state index contributed by atoms with van der Waals surface area (Å²) in [5, 5.41) is 9.95. The first-order chi connectivity index (χ1) is 8.17. The van der Waals surface area contributed by atoms with E-state index in [1.807, 2.05) is 19.1 Å². The van der Waals surface area contributed by atoms with Crippen molar-refractivity contribution in [2.24, 2.45) is 0 Å². The number of para-hydroxylation sites is 1. The molecule has 0 saturated heterocycles. The van der Waals surface area contributed by atoms with Crippen LogP contribution in [0.5, 0.6) is 5.75 Å². The summed E-state index contributed by atoms with van der Waals surface area (Å²) in [5.74, 6) is -0.383. The first kappa shape index (κ1) is 11.5. The fraction of sp³-hybridized carbons (Fsp3) is 0.308. The summed E-state index contributed by atoms with van der Waals surface area (Å²) in [6.45, 7) is 1.82. The third-order valence-corrected chi connectivity index (χ3v) is 2.80. The molecule has 0 aliphatic carbocycles. The molecule has 0 aliphatic heterocycles. The molecule has 17 heavy (non-hydrogen) atoms. The molecule has 0 saturated carbocycles. The molecule has 1 heterocycles. The predicted molar refractivity (Wildman–Crippen MR) is 63.4 cm³/mol. The average molecular weight is 234 g/mol. The Hall–Kier alpha value is -1.97. The summed E-state index contributed by atoms with van der Waals surface area (Å²) in [5.41, 5.74) is 0.602. The van der Waals surface area contributed by atoms with E-state index < -0.39 is 11.9 Å². The zero-order valence-corrected chi connectivity index (χ0v) is 9.77. The largest absolute Gasteiger partial charge is 0.493 e. The van der Waals surface area contributed by atoms with Crippen LogP contribution < -0.4 is 4.74 Å². The van der Waals surface area contributed by atoms with Crippen molar-refractivity contribution in [3.63, 3.8) is 0 Å². The van der Waals surface area contributed by atoms with Crippen molar-refractivity contribution >= 4 is 16.9 Å². The molecular formula is C13H14O4. The number of carboxylic acid groups (broad SMARTS) is 1. The molecule has 1 aromatic heterocycles. The summed E-state index contributed by atoms with van der Waals surface area (Å²) in [6.07, 6.45) is 0.497. The molecule has 0 bridgehead atoms. The lowest BCUT2D eigenvalue weighted by atomic mass is 10.0. The molecule has 1 atom stereocenters. The molecule has 0 fully saturated rings. The zero-order valence-electron chi connectivity index (χ0n) is 9.77. The van der Waals surface area contributed by atoms with Crippen molar-refractivity contribution in [3.8, 4) is 5.75 Å². The summed E-state index contributed by atoms with van der Waals surface area (Å²) in [4.78, 5) is 11.1. The maximum Gasteiger partial charge on any atom is 0.314 e. The SMILES string of the molecule is CCC(C(=O)O)c1cc2cccc(OC)c2o1. The number of hydrogen-bond acceptors (Lipinski definition) is 3. The molecule has 1 N–H and O–H groups in total. The number of furan rings is 1. The molecular weight excluding hydrogens is 220 g/mol. The number of carbonyl (C=O) groups is 1. The number of benzene rings is 1. The molecule has 4 heteroatoms. The van der Waals surface area contributed by atoms with Gasteiger partial charge in [0.05, 0.1) is 7.11 Å². The Morgan fingerprint density at radius 2 is 2.29 bits per heavy atom. The van der Waals surface area contributed by atoms with Crippen LogP contribution in [0.25, 0.3) is 11.0 Å². The van der Waals surface area contributed by atoms with Gasteiger partial charge >= 0.3 is 5.97 Å². The van der Waals surface area contributed by atoms with Crippen LogP contribution in [0.4, 0.5) is 0 Å². The number of fused-ring (bicyclic) bond motifs is 1. The topological polar surface area (TPSA) is 59.7 Å². The summed E-state index contributed by atoms with van der Waals surface area (Å²) >= 11 is 0. The highest BCUT2D eigenvalue weighted by Crippen LogP contribution is 2.32. The molecule has 0 spiro atoms. The maximum atomic E-state index is 11.1. The van der Waals surface area contributed by atoms with Crippen LogP contribution in [0.1, 0.15) is 25.0 Å². The van der Waals surface area contributed by atoms with Crippen LogP contribution in [-0.2, 0) is 4.79 Å². The van der Waals surface area contributed by atoms with E-state index in [0.29, 0.717) is 23.5 Å². The smallest absolute Gasteiger partial charge is 0.314 e. The number of carboxylic acids is 1. The van der Waals surface area contributed by atoms with Gasteiger partial charge in [-0.25, -0.2) is 0 Å². The Morgan fingerprint density at radius 1 is 1.53 bits per heavy atom. The van der Waals surface area contributed by atoms with Crippen LogP contribution in [0.2, 0.25) is 0 Å². The Kier molecular flexibility index (Phi) is 3.04. The van der Waals surface area contributed by atoms with Gasteiger partial charge in [0.1, 0.15) is 11.7 Å². The lowest BCUT2D eigenvalue weighted by molar-refractivity contribution is -0.139. The van der Waals surface area contributed by atoms with Crippen LogP contribution >= 0.6 is 0 Å². The Morgan fingerprint density at radius 3 is 2.88 bits per heavy atom. The highest BCUT2D eigenvalue weighted by atomic mass is 16.5. The number of rotatable bonds is 4. The molecule has 4 nitrogen and oxygen atoms in total. The van der Waals surface area contributed by atoms with Crippen molar-refractivity contribution in [2.75, 3.05) is 7.11 Å². The van der Waals surface area contributed by atoms with Gasteiger partial charge in [0, 0.05) is 5.39 Å². The van der Waals surface area contributed by atoms with Gasteiger partial charge in [-0.1, -0.05) is 19.1 Å². The predicted octanol–water partition coefficient (Wildman–Crippen LogP) is 3.02. The van der Waals surface area contributed by atoms with E-state index in [4.69, 9.17) is 14.3 Å². The normalized spacial score (nSPS) is 12.6. The Bertz CT molecular complexity index is 541. The summed E-state index contributed by atoms with van der Waals surface area (Å²) < 4.78 is 10.8. The summed E-state index contributed by atoms with van der Waals surface area (Å²) in [6, 6.07) is 7.28. The minimum Gasteiger partial charge on any atom is -0.493 e. The molecule has 1 unspecified atom stereocenters. The highest BCUT2D eigenvalue weighted by Gasteiger charge is 2.22. The van der Waals surface area contributed by atoms with Gasteiger partial charge in [-0.15, -0.1) is 0 Å². The highest BCUT2D eigenvalue weighted by molar-refractivity contribution is 5.85. The van der Waals surface area contributed by atoms with Crippen LogP contribution in [0.15, 0.2) is 28.7 Å². The third-order valence-electron chi connectivity index (χ3n) is 2.80. The van der Waals surface area contributed by atoms with Gasteiger partial charge in [0.2, 0.25) is 0 Å². The van der Waals surface area contributed by atoms with Gasteiger partial charge in [0.25, 0.3) is 0 Å². The van der Waals surface area contributed by atoms with E-state index in [0.717, 1.165) is 5.39 Å². The van der Waals surface area contributed by atoms with Gasteiger partial charge in [0.15, 0.2) is 11.3 Å². The zero-order chi connectivity index (χ0) is 12.4. The second-order valence-electron chi connectivity index (χ2n) is 3.83. The lowest BCUT2D eigenvalue weighted by Crippen LogP contribution is -2.09. The van der Waals surface area contributed by atoms with E-state index in [1.165, 1.54) is 0 Å². The number of methoxy groups -OCH3 is 1. The fourth-order valence-corrected chi connectivity index (χ4v) is 1.89. The molecule has 0 amide bonds. The van der Waals surface area contributed by atoms with E-state index in [2.05, 4.69) is 0 Å². The Balaban J connectivity index is 2.54. The van der Waals surface area contributed by atoms with E-state index >= 15 is 0 Å². The summed E-state index contributed by atoms with van der Waals surface area (Å²) in [7, 11) is 1.56. The lowest BCUT2D eigenvalue weighted by Gasteiger charge is -2.04. The number of aliphatic carboxylic acids is 1. The molecule has 1 aromatic carbocycles. The van der Waals surface area contributed by atoms with E-state index in [-0.39, 0.29) is 0 Å². The van der Waals surface area contributed by atoms with Gasteiger partial charge in [-0.2, -0.15) is 0 Å². The molecule has 0 radical (unpaired) electrons. The first-order valence-corrected chi connectivity index (χ1v) is 5.46. The van der Waals surface area contributed by atoms with Crippen molar-refractivity contribution < 1.29 is 19.1 Å². The first-order valence-electron chi connectivity index (χ1n) is 5.46. The molecule has 2 aromatic rings. The van der Waals surface area contributed by atoms with Crippen LogP contribution in [-0.4, -0.2) is 18.2 Å². The maximum absolute atomic E-state index is 11.1. The van der Waals surface area contributed by atoms with Gasteiger partial charge in [-0.3, -0.25) is 4.79 Å². The second kappa shape index (κ2) is 4.49. The molecule has 2 rings (SSSR count). The van der Waals surface area contributed by atoms with E-state index in [1.54, 1.807) is 19.2 Å². The van der Waals surface area contributed by atoms with Crippen molar-refractivity contribution in [1.29, 1.82) is 0 Å². The fourth-order valence-electron chi connectivity index (χ4n) is 1.89. The minimum atomic E-state index is -0.870. The standard InChI is InChI=1S/C13H14O4/c1-3-9(13(14)15)11-7-8-5-4-6-10(16-2)12(8)17-11/h4-7,9H,3H2,1-2H3,(H,14,15). The third kappa shape index (κ3) is 1.98. The Labute approximate surface area is 98.8 Å². The second-order valence-corrected chi connectivity index (χ2v) is 3.83. The van der Waals surface area contributed by atoms with Crippen molar-refractivity contribution in [1.82, 2.24) is 0 Å². The molecule has 90 valence electrons. The average Bonchev–Trinajstić information content (AvgIpc) is 2.72. The quantitative estimate of drug-likeness (QED) is 0.883. The van der Waals surface area contributed by atoms with Crippen molar-refractivity contribution in [2.45, 2.75) is 19.3 Å². The van der Waals surface area contributed by atoms with E-state index in [9.17, 15) is 4.79 Å². The van der Waals surface area contributed by atoms with Crippen LogP contribution in [0.3, 0.4) is 0 Å². The molecule has 0 aliphatic rings. The van der Waals surface area contributed by atoms with Gasteiger partial charge in [-0.05, 0) is 18.6 Å². The number of ether oxygens (including phenoxy) is 1. The van der Waals surface area contributed by atoms with Gasteiger partial charge < -0.3 is 14.3 Å². The minimum absolute atomic E-state index is 0.472. The van der Waals surface area contributed by atoms with Crippen molar-refractivity contribution in [3.05, 3.63) is 30.0 Å². The monoisotopic (exact) mass is 234 g/mol.